The molecule has 0 aliphatic carbocycles. The summed E-state index contributed by atoms with van der Waals surface area (Å²) in [7, 11) is 0. The molecule has 16 heavy (non-hydrogen) atoms. The van der Waals surface area contributed by atoms with Gasteiger partial charge in [-0.3, -0.25) is 4.79 Å². The molecule has 1 amide bonds. The summed E-state index contributed by atoms with van der Waals surface area (Å²) in [6.45, 7) is 3.50. The zero-order valence-corrected chi connectivity index (χ0v) is 10.9. The van der Waals surface area contributed by atoms with Crippen LogP contribution in [0.3, 0.4) is 0 Å². The van der Waals surface area contributed by atoms with Crippen molar-refractivity contribution >= 4 is 17.7 Å². The van der Waals surface area contributed by atoms with E-state index in [2.05, 4.69) is 12.2 Å². The average Bonchev–Trinajstić information content (AvgIpc) is 2.26. The Hall–Kier alpha value is -0.260. The monoisotopic (exact) mass is 246 g/mol. The maximum Gasteiger partial charge on any atom is 0.237 e. The van der Waals surface area contributed by atoms with Gasteiger partial charge in [0.25, 0.3) is 0 Å². The van der Waals surface area contributed by atoms with Crippen molar-refractivity contribution in [1.29, 1.82) is 0 Å². The molecule has 1 fully saturated rings. The fourth-order valence-electron chi connectivity index (χ4n) is 1.71. The van der Waals surface area contributed by atoms with Crippen LogP contribution in [0.1, 0.15) is 26.2 Å². The lowest BCUT2D eigenvalue weighted by Crippen LogP contribution is -2.54. The summed E-state index contributed by atoms with van der Waals surface area (Å²) in [5.74, 6) is 0.896. The Kier molecular flexibility index (Phi) is 5.58. The average molecular weight is 246 g/mol. The molecule has 4 nitrogen and oxygen atoms in total. The Morgan fingerprint density at radius 2 is 2.19 bits per heavy atom. The Morgan fingerprint density at radius 3 is 2.75 bits per heavy atom. The van der Waals surface area contributed by atoms with Crippen LogP contribution in [-0.2, 0) is 9.53 Å². The smallest absolute Gasteiger partial charge is 0.237 e. The van der Waals surface area contributed by atoms with Gasteiger partial charge in [0.2, 0.25) is 5.91 Å². The Bertz CT molecular complexity index is 230. The molecule has 94 valence electrons. The summed E-state index contributed by atoms with van der Waals surface area (Å²) in [5.41, 5.74) is 5.69. The van der Waals surface area contributed by atoms with E-state index < -0.39 is 0 Å². The van der Waals surface area contributed by atoms with Crippen molar-refractivity contribution in [3.8, 4) is 0 Å². The van der Waals surface area contributed by atoms with Gasteiger partial charge in [0.15, 0.2) is 0 Å². The van der Waals surface area contributed by atoms with Crippen molar-refractivity contribution in [2.24, 2.45) is 5.73 Å². The summed E-state index contributed by atoms with van der Waals surface area (Å²) in [6, 6.07) is -0.382. The van der Waals surface area contributed by atoms with Gasteiger partial charge in [-0.1, -0.05) is 0 Å². The van der Waals surface area contributed by atoms with Crippen LogP contribution in [0.15, 0.2) is 0 Å². The second kappa shape index (κ2) is 6.47. The van der Waals surface area contributed by atoms with Gasteiger partial charge < -0.3 is 15.8 Å². The van der Waals surface area contributed by atoms with E-state index in [0.717, 1.165) is 38.2 Å². The summed E-state index contributed by atoms with van der Waals surface area (Å²) >= 11 is 1.71. The van der Waals surface area contributed by atoms with Crippen LogP contribution in [0.5, 0.6) is 0 Å². The summed E-state index contributed by atoms with van der Waals surface area (Å²) in [4.78, 5) is 11.8. The molecule has 0 aromatic rings. The Morgan fingerprint density at radius 1 is 1.56 bits per heavy atom. The predicted molar refractivity (Wildman–Crippen MR) is 67.6 cm³/mol. The molecule has 1 aliphatic rings. The Labute approximate surface area is 102 Å². The molecule has 0 spiro atoms. The molecule has 1 saturated heterocycles. The fraction of sp³-hybridized carbons (Fsp3) is 0.909. The van der Waals surface area contributed by atoms with Crippen molar-refractivity contribution < 1.29 is 9.53 Å². The van der Waals surface area contributed by atoms with Crippen molar-refractivity contribution in [2.75, 3.05) is 25.2 Å². The van der Waals surface area contributed by atoms with Gasteiger partial charge in [0, 0.05) is 18.8 Å². The fourth-order valence-corrected chi connectivity index (χ4v) is 2.20. The normalized spacial score (nSPS) is 21.4. The van der Waals surface area contributed by atoms with E-state index in [1.807, 2.05) is 6.26 Å². The van der Waals surface area contributed by atoms with E-state index >= 15 is 0 Å². The highest BCUT2D eigenvalue weighted by molar-refractivity contribution is 7.98. The van der Waals surface area contributed by atoms with Crippen molar-refractivity contribution in [1.82, 2.24) is 5.32 Å². The zero-order valence-electron chi connectivity index (χ0n) is 10.1. The first kappa shape index (κ1) is 13.8. The SMILES string of the molecule is CSCC[C@H](N)C(=O)NC1(C)CCOCC1. The largest absolute Gasteiger partial charge is 0.381 e. The summed E-state index contributed by atoms with van der Waals surface area (Å²) in [5, 5.41) is 3.05. The quantitative estimate of drug-likeness (QED) is 0.751. The highest BCUT2D eigenvalue weighted by atomic mass is 32.2. The number of thioether (sulfide) groups is 1. The van der Waals surface area contributed by atoms with E-state index in [9.17, 15) is 4.79 Å². The molecule has 0 bridgehead atoms. The molecule has 5 heteroatoms. The maximum absolute atomic E-state index is 11.8. The molecule has 1 heterocycles. The molecule has 1 atom stereocenters. The lowest BCUT2D eigenvalue weighted by Gasteiger charge is -2.35. The van der Waals surface area contributed by atoms with Gasteiger partial charge in [-0.2, -0.15) is 11.8 Å². The number of carbonyl (C=O) groups excluding carboxylic acids is 1. The van der Waals surface area contributed by atoms with Crippen LogP contribution >= 0.6 is 11.8 Å². The lowest BCUT2D eigenvalue weighted by molar-refractivity contribution is -0.125. The van der Waals surface area contributed by atoms with Gasteiger partial charge in [-0.15, -0.1) is 0 Å². The minimum atomic E-state index is -0.382. The van der Waals surface area contributed by atoms with Crippen molar-refractivity contribution in [3.05, 3.63) is 0 Å². The lowest BCUT2D eigenvalue weighted by atomic mass is 9.92. The van der Waals surface area contributed by atoms with Crippen molar-refractivity contribution in [2.45, 2.75) is 37.8 Å². The third-order valence-corrected chi connectivity index (χ3v) is 3.64. The van der Waals surface area contributed by atoms with Gasteiger partial charge in [-0.25, -0.2) is 0 Å². The summed E-state index contributed by atoms with van der Waals surface area (Å²) in [6.07, 6.45) is 4.49. The van der Waals surface area contributed by atoms with Crippen LogP contribution in [-0.4, -0.2) is 42.7 Å². The molecule has 1 rings (SSSR count). The maximum atomic E-state index is 11.8. The summed E-state index contributed by atoms with van der Waals surface area (Å²) < 4.78 is 5.29. The number of ether oxygens (including phenoxy) is 1. The van der Waals surface area contributed by atoms with Crippen LogP contribution in [0, 0.1) is 0 Å². The second-order valence-electron chi connectivity index (χ2n) is 4.55. The number of nitrogens with two attached hydrogens (primary N) is 1. The number of rotatable bonds is 5. The van der Waals surface area contributed by atoms with Gasteiger partial charge >= 0.3 is 0 Å². The second-order valence-corrected chi connectivity index (χ2v) is 5.54. The first-order valence-corrected chi connectivity index (χ1v) is 7.11. The minimum absolute atomic E-state index is 0.0292. The number of hydrogen-bond donors (Lipinski definition) is 2. The van der Waals surface area contributed by atoms with Gasteiger partial charge in [0.05, 0.1) is 6.04 Å². The molecule has 0 unspecified atom stereocenters. The molecule has 0 aromatic carbocycles. The molecule has 0 radical (unpaired) electrons. The van der Waals surface area contributed by atoms with E-state index in [-0.39, 0.29) is 17.5 Å². The third-order valence-electron chi connectivity index (χ3n) is 2.99. The first-order chi connectivity index (χ1) is 7.57. The van der Waals surface area contributed by atoms with E-state index in [1.165, 1.54) is 0 Å². The molecule has 3 N–H and O–H groups in total. The molecule has 1 aliphatic heterocycles. The van der Waals surface area contributed by atoms with E-state index in [0.29, 0.717) is 0 Å². The van der Waals surface area contributed by atoms with Crippen LogP contribution in [0.25, 0.3) is 0 Å². The number of amides is 1. The van der Waals surface area contributed by atoms with Gasteiger partial charge in [0.1, 0.15) is 0 Å². The molecular weight excluding hydrogens is 224 g/mol. The van der Waals surface area contributed by atoms with Crippen LogP contribution < -0.4 is 11.1 Å². The van der Waals surface area contributed by atoms with E-state index in [1.54, 1.807) is 11.8 Å². The van der Waals surface area contributed by atoms with Crippen molar-refractivity contribution in [3.63, 3.8) is 0 Å². The molecular formula is C11H22N2O2S. The number of hydrogen-bond acceptors (Lipinski definition) is 4. The predicted octanol–water partition coefficient (Wildman–Crippen LogP) is 0.752. The highest BCUT2D eigenvalue weighted by Crippen LogP contribution is 2.19. The number of nitrogens with one attached hydrogen (secondary N) is 1. The minimum Gasteiger partial charge on any atom is -0.381 e. The highest BCUT2D eigenvalue weighted by Gasteiger charge is 2.30. The number of carbonyl (C=O) groups is 1. The standard InChI is InChI=1S/C11H22N2O2S/c1-11(4-6-15-7-5-11)13-10(14)9(12)3-8-16-2/h9H,3-8,12H2,1-2H3,(H,13,14)/t9-/m0/s1. The van der Waals surface area contributed by atoms with Crippen LogP contribution in [0.2, 0.25) is 0 Å². The third kappa shape index (κ3) is 4.31. The van der Waals surface area contributed by atoms with E-state index in [4.69, 9.17) is 10.5 Å². The topological polar surface area (TPSA) is 64.4 Å². The first-order valence-electron chi connectivity index (χ1n) is 5.72. The zero-order chi connectivity index (χ0) is 12.0. The molecule has 0 saturated carbocycles. The van der Waals surface area contributed by atoms with Gasteiger partial charge in [-0.05, 0) is 38.2 Å². The Balaban J connectivity index is 2.36. The molecule has 0 aromatic heterocycles. The van der Waals surface area contributed by atoms with Crippen LogP contribution in [0.4, 0.5) is 0 Å².